The molecular weight excluding hydrogens is 302 g/mol. The Kier molecular flexibility index (Phi) is 2.81. The second-order valence-electron chi connectivity index (χ2n) is 6.55. The SMILES string of the molecule is CC(C)c1cc(Cl)nn2cc3[n+](c12)C1(C)CNCCN1C3=O. The number of imidazole rings is 1. The first-order valence-corrected chi connectivity index (χ1v) is 7.98. The van der Waals surface area contributed by atoms with E-state index < -0.39 is 5.66 Å². The lowest BCUT2D eigenvalue weighted by molar-refractivity contribution is -0.747. The van der Waals surface area contributed by atoms with Gasteiger partial charge in [0.1, 0.15) is 0 Å². The molecule has 1 N–H and O–H groups in total. The number of amides is 1. The van der Waals surface area contributed by atoms with E-state index in [2.05, 4.69) is 35.8 Å². The highest BCUT2D eigenvalue weighted by atomic mass is 35.5. The molecule has 22 heavy (non-hydrogen) atoms. The molecule has 6 nitrogen and oxygen atoms in total. The number of nitrogens with one attached hydrogen (secondary N) is 1. The molecule has 1 fully saturated rings. The third-order valence-corrected chi connectivity index (χ3v) is 4.96. The zero-order valence-electron chi connectivity index (χ0n) is 12.9. The number of piperazine rings is 1. The molecule has 7 heteroatoms. The van der Waals surface area contributed by atoms with Gasteiger partial charge in [0.25, 0.3) is 0 Å². The van der Waals surface area contributed by atoms with Crippen LogP contribution in [0.3, 0.4) is 0 Å². The molecule has 0 aromatic carbocycles. The first-order valence-electron chi connectivity index (χ1n) is 7.60. The lowest BCUT2D eigenvalue weighted by Gasteiger charge is -2.37. The molecular formula is C15H19ClN5O+. The molecule has 4 rings (SSSR count). The third-order valence-electron chi connectivity index (χ3n) is 4.77. The fraction of sp³-hybridized carbons (Fsp3) is 0.533. The van der Waals surface area contributed by atoms with E-state index in [1.54, 1.807) is 10.7 Å². The zero-order valence-corrected chi connectivity index (χ0v) is 13.7. The Hall–Kier alpha value is -1.66. The Morgan fingerprint density at radius 2 is 2.27 bits per heavy atom. The molecule has 2 aromatic rings. The molecule has 2 aliphatic heterocycles. The van der Waals surface area contributed by atoms with Gasteiger partial charge in [-0.25, -0.2) is 0 Å². The summed E-state index contributed by atoms with van der Waals surface area (Å²) in [5.41, 5.74) is 2.35. The van der Waals surface area contributed by atoms with Gasteiger partial charge in [-0.15, -0.1) is 0 Å². The van der Waals surface area contributed by atoms with Crippen LogP contribution in [0.25, 0.3) is 5.65 Å². The van der Waals surface area contributed by atoms with Gasteiger partial charge in [0.05, 0.1) is 6.54 Å². The van der Waals surface area contributed by atoms with E-state index in [4.69, 9.17) is 11.6 Å². The average Bonchev–Trinajstić information content (AvgIpc) is 2.94. The largest absolute Gasteiger partial charge is 0.313 e. The number of hydrogen-bond acceptors (Lipinski definition) is 3. The Balaban J connectivity index is 2.08. The Morgan fingerprint density at radius 3 is 3.00 bits per heavy atom. The topological polar surface area (TPSA) is 53.5 Å². The summed E-state index contributed by atoms with van der Waals surface area (Å²) in [5.74, 6) is 0.360. The summed E-state index contributed by atoms with van der Waals surface area (Å²) in [6, 6.07) is 1.90. The van der Waals surface area contributed by atoms with Crippen molar-refractivity contribution in [2.24, 2.45) is 0 Å². The van der Waals surface area contributed by atoms with Gasteiger partial charge in [0.15, 0.2) is 17.0 Å². The summed E-state index contributed by atoms with van der Waals surface area (Å²) in [6.07, 6.45) is 1.80. The van der Waals surface area contributed by atoms with Crippen LogP contribution in [-0.4, -0.2) is 40.1 Å². The van der Waals surface area contributed by atoms with Crippen molar-refractivity contribution in [2.45, 2.75) is 32.4 Å². The number of carbonyl (C=O) groups excluding carboxylic acids is 1. The standard InChI is InChI=1S/C15H19ClN5O/c1-9(2)10-6-12(16)18-20-7-11-14(22)19-5-4-17-8-15(19,3)21(11)13(10)20/h6-7,9,17H,4-5,8H2,1-3H3/q+1. The number of nitrogens with zero attached hydrogens (tertiary/aromatic N) is 4. The molecule has 2 aliphatic rings. The van der Waals surface area contributed by atoms with Crippen molar-refractivity contribution in [1.82, 2.24) is 19.8 Å². The van der Waals surface area contributed by atoms with Gasteiger partial charge >= 0.3 is 11.6 Å². The Morgan fingerprint density at radius 1 is 1.50 bits per heavy atom. The minimum Gasteiger partial charge on any atom is -0.309 e. The fourth-order valence-corrected chi connectivity index (χ4v) is 3.89. The molecule has 2 aromatic heterocycles. The van der Waals surface area contributed by atoms with Crippen molar-refractivity contribution in [3.63, 3.8) is 0 Å². The number of rotatable bonds is 1. The third kappa shape index (κ3) is 1.62. The van der Waals surface area contributed by atoms with Crippen LogP contribution in [0.1, 0.15) is 42.7 Å². The summed E-state index contributed by atoms with van der Waals surface area (Å²) in [6.45, 7) is 8.64. The minimum atomic E-state index is -0.390. The van der Waals surface area contributed by atoms with Crippen LogP contribution in [0.2, 0.25) is 5.15 Å². The second-order valence-corrected chi connectivity index (χ2v) is 6.93. The van der Waals surface area contributed by atoms with Crippen LogP contribution < -0.4 is 9.88 Å². The van der Waals surface area contributed by atoms with Crippen molar-refractivity contribution in [2.75, 3.05) is 19.6 Å². The summed E-state index contributed by atoms with van der Waals surface area (Å²) < 4.78 is 3.88. The van der Waals surface area contributed by atoms with Crippen molar-refractivity contribution in [3.8, 4) is 0 Å². The summed E-state index contributed by atoms with van der Waals surface area (Å²) >= 11 is 6.15. The average molecular weight is 321 g/mol. The zero-order chi connectivity index (χ0) is 15.6. The molecule has 4 heterocycles. The van der Waals surface area contributed by atoms with E-state index in [0.717, 1.165) is 30.8 Å². The summed E-state index contributed by atoms with van der Waals surface area (Å²) in [4.78, 5) is 14.7. The molecule has 116 valence electrons. The molecule has 0 saturated carbocycles. The van der Waals surface area contributed by atoms with Crippen LogP contribution in [0.5, 0.6) is 0 Å². The molecule has 0 radical (unpaired) electrons. The lowest BCUT2D eigenvalue weighted by Crippen LogP contribution is -2.68. The smallest absolute Gasteiger partial charge is 0.309 e. The number of halogens is 1. The van der Waals surface area contributed by atoms with Crippen molar-refractivity contribution >= 4 is 23.2 Å². The number of aromatic nitrogens is 3. The first-order chi connectivity index (χ1) is 10.4. The highest BCUT2D eigenvalue weighted by Crippen LogP contribution is 2.31. The monoisotopic (exact) mass is 320 g/mol. The van der Waals surface area contributed by atoms with Gasteiger partial charge < -0.3 is 5.32 Å². The predicted molar refractivity (Wildman–Crippen MR) is 82.0 cm³/mol. The second kappa shape index (κ2) is 4.43. The fourth-order valence-electron chi connectivity index (χ4n) is 3.69. The number of fused-ring (bicyclic) bond motifs is 5. The van der Waals surface area contributed by atoms with Crippen LogP contribution >= 0.6 is 11.6 Å². The minimum absolute atomic E-state index is 0.0697. The van der Waals surface area contributed by atoms with Crippen molar-refractivity contribution in [1.29, 1.82) is 0 Å². The lowest BCUT2D eigenvalue weighted by atomic mass is 10.0. The molecule has 0 bridgehead atoms. The number of carbonyl (C=O) groups is 1. The van der Waals surface area contributed by atoms with Crippen molar-refractivity contribution in [3.05, 3.63) is 28.7 Å². The Labute approximate surface area is 133 Å². The van der Waals surface area contributed by atoms with E-state index in [1.807, 2.05) is 11.0 Å². The van der Waals surface area contributed by atoms with Crippen molar-refractivity contribution < 1.29 is 9.36 Å². The van der Waals surface area contributed by atoms with Gasteiger partial charge in [-0.2, -0.15) is 4.57 Å². The molecule has 0 spiro atoms. The summed E-state index contributed by atoms with van der Waals surface area (Å²) in [7, 11) is 0. The maximum Gasteiger partial charge on any atom is 0.313 e. The van der Waals surface area contributed by atoms with Crippen LogP contribution in [0, 0.1) is 0 Å². The maximum absolute atomic E-state index is 12.8. The van der Waals surface area contributed by atoms with E-state index in [-0.39, 0.29) is 5.91 Å². The first kappa shape index (κ1) is 14.0. The van der Waals surface area contributed by atoms with Gasteiger partial charge in [-0.3, -0.25) is 9.69 Å². The molecule has 1 unspecified atom stereocenters. The van der Waals surface area contributed by atoms with Gasteiger partial charge in [0, 0.05) is 25.6 Å². The van der Waals surface area contributed by atoms with Crippen LogP contribution in [0.15, 0.2) is 12.3 Å². The molecule has 1 atom stereocenters. The van der Waals surface area contributed by atoms with E-state index >= 15 is 0 Å². The number of hydrogen-bond donors (Lipinski definition) is 1. The van der Waals surface area contributed by atoms with E-state index in [0.29, 0.717) is 16.8 Å². The quantitative estimate of drug-likeness (QED) is 0.802. The molecule has 1 amide bonds. The highest BCUT2D eigenvalue weighted by molar-refractivity contribution is 6.29. The highest BCUT2D eigenvalue weighted by Gasteiger charge is 2.55. The maximum atomic E-state index is 12.8. The molecule has 1 saturated heterocycles. The predicted octanol–water partition coefficient (Wildman–Crippen LogP) is 1.13. The van der Waals surface area contributed by atoms with Crippen LogP contribution in [-0.2, 0) is 5.66 Å². The van der Waals surface area contributed by atoms with Crippen LogP contribution in [0.4, 0.5) is 0 Å². The molecule has 0 aliphatic carbocycles. The Bertz CT molecular complexity index is 799. The summed E-state index contributed by atoms with van der Waals surface area (Å²) in [5, 5.41) is 8.20. The van der Waals surface area contributed by atoms with Gasteiger partial charge in [-0.05, 0) is 12.0 Å². The van der Waals surface area contributed by atoms with E-state index in [9.17, 15) is 4.79 Å². The van der Waals surface area contributed by atoms with E-state index in [1.165, 1.54) is 0 Å². The van der Waals surface area contributed by atoms with Gasteiger partial charge in [-0.1, -0.05) is 35.1 Å². The van der Waals surface area contributed by atoms with Gasteiger partial charge in [0.2, 0.25) is 5.69 Å². The normalized spacial score (nSPS) is 24.2.